The lowest BCUT2D eigenvalue weighted by Crippen LogP contribution is -2.00. The normalized spacial score (nSPS) is 11.0. The first-order valence-corrected chi connectivity index (χ1v) is 9.61. The molecule has 0 radical (unpaired) electrons. The molecule has 0 fully saturated rings. The molecule has 4 nitrogen and oxygen atoms in total. The van der Waals surface area contributed by atoms with E-state index >= 15 is 0 Å². The molecule has 1 N–H and O–H groups in total. The second-order valence-electron chi connectivity index (χ2n) is 6.62. The fourth-order valence-corrected chi connectivity index (χ4v) is 3.17. The Kier molecular flexibility index (Phi) is 5.22. The third-order valence-electron chi connectivity index (χ3n) is 4.46. The minimum absolute atomic E-state index is 0.445. The fraction of sp³-hybridized carbons (Fsp3) is 0.174. The molecular weight excluding hydrogens is 372 g/mol. The molecular formula is C23H21ClN2O2. The van der Waals surface area contributed by atoms with Crippen LogP contribution in [-0.2, 0) is 6.61 Å². The summed E-state index contributed by atoms with van der Waals surface area (Å²) in [5.74, 6) is 2.21. The molecule has 0 aliphatic rings. The summed E-state index contributed by atoms with van der Waals surface area (Å²) in [6.07, 6.45) is 0. The average molecular weight is 393 g/mol. The van der Waals surface area contributed by atoms with Crippen molar-refractivity contribution >= 4 is 22.6 Å². The van der Waals surface area contributed by atoms with Crippen LogP contribution in [0.4, 0.5) is 0 Å². The molecule has 0 aliphatic carbocycles. The van der Waals surface area contributed by atoms with E-state index in [1.165, 1.54) is 5.56 Å². The predicted octanol–water partition coefficient (Wildman–Crippen LogP) is 6.17. The Labute approximate surface area is 169 Å². The standard InChI is InChI=1S/C23H21ClN2O2/c1-3-27-22-13-17(23-25-19-10-4-15(2)12-20(19)26-23)7-11-21(22)28-14-16-5-8-18(24)9-6-16/h4-13H,3,14H2,1-2H3,(H,25,26). The van der Waals surface area contributed by atoms with Gasteiger partial charge in [0.05, 0.1) is 17.6 Å². The van der Waals surface area contributed by atoms with E-state index in [0.717, 1.165) is 28.0 Å². The highest BCUT2D eigenvalue weighted by atomic mass is 35.5. The van der Waals surface area contributed by atoms with Crippen LogP contribution in [0.5, 0.6) is 11.5 Å². The molecule has 1 aromatic heterocycles. The van der Waals surface area contributed by atoms with Crippen LogP contribution in [0.15, 0.2) is 60.7 Å². The molecule has 0 atom stereocenters. The third kappa shape index (κ3) is 3.97. The summed E-state index contributed by atoms with van der Waals surface area (Å²) >= 11 is 5.94. The lowest BCUT2D eigenvalue weighted by molar-refractivity contribution is 0.269. The minimum atomic E-state index is 0.445. The molecule has 28 heavy (non-hydrogen) atoms. The SMILES string of the molecule is CCOc1cc(-c2nc3ccc(C)cc3[nH]2)ccc1OCc1ccc(Cl)cc1. The van der Waals surface area contributed by atoms with Crippen molar-refractivity contribution in [1.82, 2.24) is 9.97 Å². The van der Waals surface area contributed by atoms with E-state index in [1.54, 1.807) is 0 Å². The molecule has 0 bridgehead atoms. The Morgan fingerprint density at radius 1 is 0.929 bits per heavy atom. The maximum absolute atomic E-state index is 5.98. The van der Waals surface area contributed by atoms with Crippen LogP contribution in [0.2, 0.25) is 5.02 Å². The van der Waals surface area contributed by atoms with Crippen LogP contribution in [0.1, 0.15) is 18.1 Å². The quantitative estimate of drug-likeness (QED) is 0.426. The number of rotatable bonds is 6. The van der Waals surface area contributed by atoms with Gasteiger partial charge in [-0.15, -0.1) is 0 Å². The average Bonchev–Trinajstić information content (AvgIpc) is 3.11. The second kappa shape index (κ2) is 7.95. The van der Waals surface area contributed by atoms with E-state index in [2.05, 4.69) is 24.0 Å². The highest BCUT2D eigenvalue weighted by Gasteiger charge is 2.11. The van der Waals surface area contributed by atoms with Crippen molar-refractivity contribution in [2.75, 3.05) is 6.61 Å². The van der Waals surface area contributed by atoms with Crippen molar-refractivity contribution in [3.8, 4) is 22.9 Å². The van der Waals surface area contributed by atoms with Gasteiger partial charge in [-0.1, -0.05) is 29.8 Å². The number of benzene rings is 3. The molecule has 1 heterocycles. The molecule has 5 heteroatoms. The molecule has 0 saturated heterocycles. The summed E-state index contributed by atoms with van der Waals surface area (Å²) in [7, 11) is 0. The minimum Gasteiger partial charge on any atom is -0.490 e. The van der Waals surface area contributed by atoms with Gasteiger partial charge in [0.15, 0.2) is 11.5 Å². The lowest BCUT2D eigenvalue weighted by Gasteiger charge is -2.13. The van der Waals surface area contributed by atoms with Crippen molar-refractivity contribution < 1.29 is 9.47 Å². The number of fused-ring (bicyclic) bond motifs is 1. The Bertz CT molecular complexity index is 1100. The zero-order valence-electron chi connectivity index (χ0n) is 15.8. The maximum atomic E-state index is 5.98. The molecule has 3 aromatic carbocycles. The van der Waals surface area contributed by atoms with Gasteiger partial charge in [-0.3, -0.25) is 0 Å². The number of ether oxygens (including phenoxy) is 2. The number of hydrogen-bond donors (Lipinski definition) is 1. The van der Waals surface area contributed by atoms with E-state index in [9.17, 15) is 0 Å². The summed E-state index contributed by atoms with van der Waals surface area (Å²) in [6, 6.07) is 19.7. The Morgan fingerprint density at radius 2 is 1.75 bits per heavy atom. The molecule has 0 spiro atoms. The van der Waals surface area contributed by atoms with E-state index in [4.69, 9.17) is 26.1 Å². The van der Waals surface area contributed by atoms with Gasteiger partial charge >= 0.3 is 0 Å². The molecule has 0 unspecified atom stereocenters. The summed E-state index contributed by atoms with van der Waals surface area (Å²) in [5.41, 5.74) is 5.17. The van der Waals surface area contributed by atoms with E-state index in [-0.39, 0.29) is 0 Å². The van der Waals surface area contributed by atoms with Crippen molar-refractivity contribution in [1.29, 1.82) is 0 Å². The zero-order valence-corrected chi connectivity index (χ0v) is 16.6. The molecule has 4 rings (SSSR count). The number of imidazole rings is 1. The fourth-order valence-electron chi connectivity index (χ4n) is 3.04. The Hall–Kier alpha value is -2.98. The van der Waals surface area contributed by atoms with E-state index in [0.29, 0.717) is 29.7 Å². The van der Waals surface area contributed by atoms with Crippen LogP contribution in [0.25, 0.3) is 22.4 Å². The van der Waals surface area contributed by atoms with Crippen LogP contribution < -0.4 is 9.47 Å². The first kappa shape index (κ1) is 18.4. The number of aromatic amines is 1. The number of H-pyrrole nitrogens is 1. The van der Waals surface area contributed by atoms with Gasteiger partial charge in [0.25, 0.3) is 0 Å². The Morgan fingerprint density at radius 3 is 2.54 bits per heavy atom. The third-order valence-corrected chi connectivity index (χ3v) is 4.71. The second-order valence-corrected chi connectivity index (χ2v) is 7.05. The summed E-state index contributed by atoms with van der Waals surface area (Å²) < 4.78 is 11.8. The number of nitrogens with zero attached hydrogens (tertiary/aromatic N) is 1. The van der Waals surface area contributed by atoms with Crippen molar-refractivity contribution in [2.24, 2.45) is 0 Å². The topological polar surface area (TPSA) is 47.1 Å². The molecule has 0 amide bonds. The number of aryl methyl sites for hydroxylation is 1. The van der Waals surface area contributed by atoms with Crippen LogP contribution in [-0.4, -0.2) is 16.6 Å². The van der Waals surface area contributed by atoms with Crippen LogP contribution >= 0.6 is 11.6 Å². The summed E-state index contributed by atoms with van der Waals surface area (Å²) in [6.45, 7) is 5.03. The van der Waals surface area contributed by atoms with E-state index < -0.39 is 0 Å². The molecule has 0 saturated carbocycles. The Balaban J connectivity index is 1.60. The molecule has 142 valence electrons. The first-order valence-electron chi connectivity index (χ1n) is 9.23. The number of hydrogen-bond acceptors (Lipinski definition) is 3. The maximum Gasteiger partial charge on any atom is 0.161 e. The van der Waals surface area contributed by atoms with Crippen LogP contribution in [0, 0.1) is 6.92 Å². The zero-order chi connectivity index (χ0) is 19.5. The van der Waals surface area contributed by atoms with Crippen LogP contribution in [0.3, 0.4) is 0 Å². The van der Waals surface area contributed by atoms with Gasteiger partial charge in [-0.25, -0.2) is 4.98 Å². The summed E-state index contributed by atoms with van der Waals surface area (Å²) in [4.78, 5) is 8.08. The van der Waals surface area contributed by atoms with Gasteiger partial charge in [0.1, 0.15) is 12.4 Å². The number of halogens is 1. The van der Waals surface area contributed by atoms with Crippen molar-refractivity contribution in [3.05, 3.63) is 76.8 Å². The lowest BCUT2D eigenvalue weighted by atomic mass is 10.2. The first-order chi connectivity index (χ1) is 13.6. The monoisotopic (exact) mass is 392 g/mol. The molecule has 4 aromatic rings. The van der Waals surface area contributed by atoms with Gasteiger partial charge in [0.2, 0.25) is 0 Å². The van der Waals surface area contributed by atoms with Crippen molar-refractivity contribution in [2.45, 2.75) is 20.5 Å². The number of aromatic nitrogens is 2. The number of nitrogens with one attached hydrogen (secondary N) is 1. The highest BCUT2D eigenvalue weighted by Crippen LogP contribution is 2.33. The predicted molar refractivity (Wildman–Crippen MR) is 113 cm³/mol. The largest absolute Gasteiger partial charge is 0.490 e. The van der Waals surface area contributed by atoms with Gasteiger partial charge in [-0.05, 0) is 67.4 Å². The van der Waals surface area contributed by atoms with E-state index in [1.807, 2.05) is 55.5 Å². The summed E-state index contributed by atoms with van der Waals surface area (Å²) in [5, 5.41) is 0.712. The van der Waals surface area contributed by atoms with Gasteiger partial charge < -0.3 is 14.5 Å². The molecule has 0 aliphatic heterocycles. The van der Waals surface area contributed by atoms with Gasteiger partial charge in [-0.2, -0.15) is 0 Å². The smallest absolute Gasteiger partial charge is 0.161 e. The van der Waals surface area contributed by atoms with Crippen molar-refractivity contribution in [3.63, 3.8) is 0 Å². The highest BCUT2D eigenvalue weighted by molar-refractivity contribution is 6.30. The van der Waals surface area contributed by atoms with Gasteiger partial charge in [0, 0.05) is 10.6 Å².